The lowest BCUT2D eigenvalue weighted by molar-refractivity contribution is -0.144. The zero-order valence-corrected chi connectivity index (χ0v) is 11.6. The van der Waals surface area contributed by atoms with Gasteiger partial charge in [-0.1, -0.05) is 18.7 Å². The van der Waals surface area contributed by atoms with Crippen LogP contribution in [0, 0.1) is 17.8 Å². The lowest BCUT2D eigenvalue weighted by Crippen LogP contribution is -2.38. The van der Waals surface area contributed by atoms with Crippen molar-refractivity contribution in [2.24, 2.45) is 17.8 Å². The Labute approximate surface area is 114 Å². The van der Waals surface area contributed by atoms with Crippen LogP contribution >= 0.6 is 0 Å². The summed E-state index contributed by atoms with van der Waals surface area (Å²) in [4.78, 5) is 11.3. The zero-order valence-electron chi connectivity index (χ0n) is 11.6. The number of fused-ring (bicyclic) bond motifs is 5. The molecule has 3 nitrogen and oxygen atoms in total. The van der Waals surface area contributed by atoms with E-state index in [1.54, 1.807) is 6.92 Å². The van der Waals surface area contributed by atoms with Crippen LogP contribution in [0.25, 0.3) is 0 Å². The highest BCUT2D eigenvalue weighted by Gasteiger charge is 2.58. The Morgan fingerprint density at radius 2 is 2.32 bits per heavy atom. The van der Waals surface area contributed by atoms with Gasteiger partial charge >= 0.3 is 5.97 Å². The molecule has 0 radical (unpaired) electrons. The summed E-state index contributed by atoms with van der Waals surface area (Å²) in [6, 6.07) is 0. The van der Waals surface area contributed by atoms with Gasteiger partial charge in [0.05, 0.1) is 12.2 Å². The first-order valence-electron chi connectivity index (χ1n) is 7.26. The second-order valence-corrected chi connectivity index (χ2v) is 6.19. The average Bonchev–Trinajstić information content (AvgIpc) is 3.05. The summed E-state index contributed by atoms with van der Waals surface area (Å²) in [5.74, 6) is 1.93. The molecule has 0 heterocycles. The Morgan fingerprint density at radius 1 is 1.47 bits per heavy atom. The van der Waals surface area contributed by atoms with E-state index >= 15 is 0 Å². The van der Waals surface area contributed by atoms with E-state index in [2.05, 4.69) is 18.7 Å². The molecule has 4 unspecified atom stereocenters. The molecule has 2 fully saturated rings. The molecular weight excluding hydrogens is 240 g/mol. The fourth-order valence-electron chi connectivity index (χ4n) is 4.20. The van der Waals surface area contributed by atoms with Gasteiger partial charge in [0, 0.05) is 11.5 Å². The summed E-state index contributed by atoms with van der Waals surface area (Å²) in [6.07, 6.45) is 9.55. The van der Waals surface area contributed by atoms with E-state index in [4.69, 9.17) is 9.47 Å². The number of carbonyl (C=O) groups is 1. The maximum absolute atomic E-state index is 11.3. The summed E-state index contributed by atoms with van der Waals surface area (Å²) in [5.41, 5.74) is 0.483. The van der Waals surface area contributed by atoms with Crippen molar-refractivity contribution in [3.05, 3.63) is 24.3 Å². The molecule has 3 heteroatoms. The Bertz CT molecular complexity index is 426. The molecule has 3 rings (SSSR count). The largest absolute Gasteiger partial charge is 0.460 e. The van der Waals surface area contributed by atoms with Crippen molar-refractivity contribution in [2.45, 2.75) is 38.2 Å². The van der Waals surface area contributed by atoms with Crippen molar-refractivity contribution in [2.75, 3.05) is 13.2 Å². The molecule has 0 N–H and O–H groups in total. The molecule has 2 saturated carbocycles. The highest BCUT2D eigenvalue weighted by Crippen LogP contribution is 2.60. The molecule has 0 spiro atoms. The molecule has 4 atom stereocenters. The molecular formula is C16H22O3. The molecule has 0 aromatic carbocycles. The molecule has 0 saturated heterocycles. The average molecular weight is 262 g/mol. The maximum Gasteiger partial charge on any atom is 0.333 e. The summed E-state index contributed by atoms with van der Waals surface area (Å²) in [7, 11) is 0. The van der Waals surface area contributed by atoms with E-state index in [1.807, 2.05) is 0 Å². The second-order valence-electron chi connectivity index (χ2n) is 6.19. The first-order valence-corrected chi connectivity index (χ1v) is 7.26. The van der Waals surface area contributed by atoms with Crippen molar-refractivity contribution >= 4 is 5.97 Å². The van der Waals surface area contributed by atoms with Gasteiger partial charge in [-0.3, -0.25) is 0 Å². The molecule has 0 aromatic rings. The van der Waals surface area contributed by atoms with E-state index in [0.29, 0.717) is 24.7 Å². The second kappa shape index (κ2) is 4.78. The summed E-state index contributed by atoms with van der Waals surface area (Å²) in [5, 5.41) is 0. The van der Waals surface area contributed by atoms with E-state index in [9.17, 15) is 4.79 Å². The van der Waals surface area contributed by atoms with Crippen molar-refractivity contribution in [1.82, 2.24) is 0 Å². The third-order valence-electron chi connectivity index (χ3n) is 5.03. The highest BCUT2D eigenvalue weighted by molar-refractivity contribution is 5.86. The van der Waals surface area contributed by atoms with Crippen molar-refractivity contribution < 1.29 is 14.3 Å². The molecule has 104 valence electrons. The third kappa shape index (κ3) is 2.14. The van der Waals surface area contributed by atoms with Crippen LogP contribution in [0.5, 0.6) is 0 Å². The number of esters is 1. The van der Waals surface area contributed by atoms with Crippen LogP contribution in [0.2, 0.25) is 0 Å². The molecule has 3 aliphatic carbocycles. The van der Waals surface area contributed by atoms with Crippen LogP contribution in [-0.4, -0.2) is 24.8 Å². The van der Waals surface area contributed by atoms with Gasteiger partial charge in [0.1, 0.15) is 6.61 Å². The van der Waals surface area contributed by atoms with Gasteiger partial charge in [0.25, 0.3) is 0 Å². The number of allylic oxidation sites excluding steroid dienone is 1. The molecule has 0 amide bonds. The van der Waals surface area contributed by atoms with Crippen molar-refractivity contribution in [1.29, 1.82) is 0 Å². The molecule has 19 heavy (non-hydrogen) atoms. The fraction of sp³-hybridized carbons (Fsp3) is 0.688. The van der Waals surface area contributed by atoms with Crippen LogP contribution < -0.4 is 0 Å². The smallest absolute Gasteiger partial charge is 0.333 e. The molecule has 2 bridgehead atoms. The van der Waals surface area contributed by atoms with E-state index in [0.717, 1.165) is 18.3 Å². The van der Waals surface area contributed by atoms with Crippen LogP contribution in [0.3, 0.4) is 0 Å². The number of ether oxygens (including phenoxy) is 2. The SMILES string of the molecule is C=C(C)C(=O)OCCOC12CCC(C1)C1CC=CC12. The Balaban J connectivity index is 1.51. The zero-order chi connectivity index (χ0) is 13.5. The highest BCUT2D eigenvalue weighted by atomic mass is 16.6. The van der Waals surface area contributed by atoms with E-state index in [-0.39, 0.29) is 11.6 Å². The normalized spacial score (nSPS) is 38.5. The van der Waals surface area contributed by atoms with Gasteiger partial charge in [0.2, 0.25) is 0 Å². The van der Waals surface area contributed by atoms with Gasteiger partial charge in [-0.05, 0) is 44.4 Å². The fourth-order valence-corrected chi connectivity index (χ4v) is 4.20. The first kappa shape index (κ1) is 12.9. The predicted molar refractivity (Wildman–Crippen MR) is 72.5 cm³/mol. The molecule has 3 aliphatic rings. The maximum atomic E-state index is 11.3. The van der Waals surface area contributed by atoms with Crippen LogP contribution in [0.4, 0.5) is 0 Å². The monoisotopic (exact) mass is 262 g/mol. The van der Waals surface area contributed by atoms with Gasteiger partial charge in [0.15, 0.2) is 0 Å². The lowest BCUT2D eigenvalue weighted by atomic mass is 9.79. The topological polar surface area (TPSA) is 35.5 Å². The standard InChI is InChI=1S/C16H22O3/c1-11(2)15(17)18-8-9-19-16-7-6-12(10-16)13-4-3-5-14(13)16/h3,5,12-14H,1,4,6-10H2,2H3. The Kier molecular flexibility index (Phi) is 3.25. The minimum Gasteiger partial charge on any atom is -0.460 e. The predicted octanol–water partition coefficient (Wildman–Crippen LogP) is 2.87. The van der Waals surface area contributed by atoms with E-state index < -0.39 is 0 Å². The van der Waals surface area contributed by atoms with Crippen LogP contribution in [-0.2, 0) is 14.3 Å². The number of hydrogen-bond donors (Lipinski definition) is 0. The van der Waals surface area contributed by atoms with Gasteiger partial charge in [-0.25, -0.2) is 4.79 Å². The number of rotatable bonds is 5. The van der Waals surface area contributed by atoms with Crippen molar-refractivity contribution in [3.8, 4) is 0 Å². The Hall–Kier alpha value is -1.09. The summed E-state index contributed by atoms with van der Waals surface area (Å²) < 4.78 is 11.3. The minimum absolute atomic E-state index is 0.0396. The van der Waals surface area contributed by atoms with Crippen LogP contribution in [0.15, 0.2) is 24.3 Å². The molecule has 0 aliphatic heterocycles. The van der Waals surface area contributed by atoms with E-state index in [1.165, 1.54) is 19.3 Å². The number of carbonyl (C=O) groups excluding carboxylic acids is 1. The van der Waals surface area contributed by atoms with Gasteiger partial charge in [-0.15, -0.1) is 0 Å². The quantitative estimate of drug-likeness (QED) is 0.331. The third-order valence-corrected chi connectivity index (χ3v) is 5.03. The van der Waals surface area contributed by atoms with Gasteiger partial charge < -0.3 is 9.47 Å². The minimum atomic E-state index is -0.324. The summed E-state index contributed by atoms with van der Waals surface area (Å²) >= 11 is 0. The molecule has 0 aromatic heterocycles. The van der Waals surface area contributed by atoms with Crippen molar-refractivity contribution in [3.63, 3.8) is 0 Å². The van der Waals surface area contributed by atoms with Crippen LogP contribution in [0.1, 0.15) is 32.6 Å². The number of hydrogen-bond acceptors (Lipinski definition) is 3. The summed E-state index contributed by atoms with van der Waals surface area (Å²) in [6.45, 7) is 6.06. The Morgan fingerprint density at radius 3 is 3.11 bits per heavy atom. The first-order chi connectivity index (χ1) is 9.12. The lowest BCUT2D eigenvalue weighted by Gasteiger charge is -2.35. The van der Waals surface area contributed by atoms with Gasteiger partial charge in [-0.2, -0.15) is 0 Å².